The lowest BCUT2D eigenvalue weighted by molar-refractivity contribution is 0.0941. The molecule has 0 fully saturated rings. The second-order valence-corrected chi connectivity index (χ2v) is 6.09. The predicted octanol–water partition coefficient (Wildman–Crippen LogP) is 5.89. The minimum Gasteiger partial charge on any atom is -0.307 e. The Bertz CT molecular complexity index is 781. The summed E-state index contributed by atoms with van der Waals surface area (Å²) in [5, 5.41) is 3.90. The van der Waals surface area contributed by atoms with Gasteiger partial charge in [0.05, 0.1) is 17.4 Å². The summed E-state index contributed by atoms with van der Waals surface area (Å²) < 4.78 is 0. The molecule has 0 bridgehead atoms. The maximum Gasteiger partial charge on any atom is 0.180 e. The third-order valence-corrected chi connectivity index (χ3v) is 4.32. The molecule has 2 rings (SSSR count). The molecule has 1 N–H and O–H groups in total. The van der Waals surface area contributed by atoms with E-state index in [-0.39, 0.29) is 19.3 Å². The molecule has 0 aliphatic rings. The van der Waals surface area contributed by atoms with Crippen LogP contribution >= 0.6 is 11.6 Å². The summed E-state index contributed by atoms with van der Waals surface area (Å²) >= 11 is 5.97. The number of carbonyl (C=O) groups excluding carboxylic acids is 1. The zero-order valence-electron chi connectivity index (χ0n) is 14.7. The minimum absolute atomic E-state index is 0. The summed E-state index contributed by atoms with van der Waals surface area (Å²) in [4.78, 5) is 17.7. The minimum atomic E-state index is -0.234. The zero-order valence-corrected chi connectivity index (χ0v) is 15.4. The summed E-state index contributed by atoms with van der Waals surface area (Å²) in [5.41, 5.74) is 3.59. The molecule has 26 heavy (non-hydrogen) atoms. The first kappa shape index (κ1) is 21.8. The number of likely N-dealkylation sites (N-methyl/N-ethyl adjacent to an activating group) is 1. The first-order valence-electron chi connectivity index (χ1n) is 8.39. The summed E-state index contributed by atoms with van der Waals surface area (Å²) in [6, 6.07) is 8.99. The summed E-state index contributed by atoms with van der Waals surface area (Å²) in [6.45, 7) is 12.4. The molecule has 0 saturated heterocycles. The second kappa shape index (κ2) is 10.0. The van der Waals surface area contributed by atoms with Crippen molar-refractivity contribution in [1.29, 1.82) is 0 Å². The third-order valence-electron chi connectivity index (χ3n) is 4.07. The average Bonchev–Trinajstić information content (AvgIpc) is 2.64. The molecule has 1 unspecified atom stereocenters. The Labute approximate surface area is 161 Å². The smallest absolute Gasteiger partial charge is 0.180 e. The molecule has 1 heterocycles. The first-order valence-corrected chi connectivity index (χ1v) is 8.76. The van der Waals surface area contributed by atoms with Gasteiger partial charge in [0.2, 0.25) is 0 Å². The van der Waals surface area contributed by atoms with Gasteiger partial charge in [-0.1, -0.05) is 64.2 Å². The molecule has 1 aromatic heterocycles. The van der Waals surface area contributed by atoms with Gasteiger partial charge in [-0.15, -0.1) is 0 Å². The molecule has 0 saturated carbocycles. The highest BCUT2D eigenvalue weighted by atomic mass is 35.5. The van der Waals surface area contributed by atoms with Gasteiger partial charge in [0.15, 0.2) is 5.78 Å². The van der Waals surface area contributed by atoms with Gasteiger partial charge in [-0.2, -0.15) is 0 Å². The van der Waals surface area contributed by atoms with Crippen LogP contribution in [-0.2, 0) is 0 Å². The Morgan fingerprint density at radius 2 is 1.88 bits per heavy atom. The summed E-state index contributed by atoms with van der Waals surface area (Å²) in [7, 11) is 0. The fourth-order valence-corrected chi connectivity index (χ4v) is 2.90. The maximum absolute atomic E-state index is 13.1. The van der Waals surface area contributed by atoms with Gasteiger partial charge in [0.1, 0.15) is 0 Å². The average molecular weight is 371 g/mol. The van der Waals surface area contributed by atoms with E-state index < -0.39 is 0 Å². The van der Waals surface area contributed by atoms with Gasteiger partial charge in [0.25, 0.3) is 0 Å². The van der Waals surface area contributed by atoms with Crippen LogP contribution in [0.3, 0.4) is 0 Å². The molecular formula is C22H27ClN2O. The first-order chi connectivity index (χ1) is 12.0. The highest BCUT2D eigenvalue weighted by molar-refractivity contribution is 6.30. The maximum atomic E-state index is 13.1. The Kier molecular flexibility index (Phi) is 8.43. The summed E-state index contributed by atoms with van der Waals surface area (Å²) in [5.74, 6) is 0.0416. The highest BCUT2D eigenvalue weighted by Gasteiger charge is 2.22. The van der Waals surface area contributed by atoms with Crippen LogP contribution in [0.5, 0.6) is 0 Å². The largest absolute Gasteiger partial charge is 0.307 e. The Balaban J connectivity index is 0.00000338. The number of aromatic nitrogens is 1. The van der Waals surface area contributed by atoms with Crippen LogP contribution in [0.1, 0.15) is 49.3 Å². The highest BCUT2D eigenvalue weighted by Crippen LogP contribution is 2.26. The van der Waals surface area contributed by atoms with Crippen molar-refractivity contribution in [2.75, 3.05) is 6.54 Å². The number of nitrogens with one attached hydrogen (secondary N) is 1. The standard InChI is InChI=1S/C21H23ClN2O.CH4/c1-5-16-17(21(25)19(7-3)23-8-4)13-20(24-18(16)6-2)14-9-11-15(22)12-10-14;/h5-6,9-13,19,23H,1-2,7-8H2,3-4H3;1H4. The van der Waals surface area contributed by atoms with E-state index in [2.05, 4.69) is 23.5 Å². The molecule has 0 aliphatic heterocycles. The number of hydrogen-bond donors (Lipinski definition) is 1. The lowest BCUT2D eigenvalue weighted by Crippen LogP contribution is -2.36. The summed E-state index contributed by atoms with van der Waals surface area (Å²) in [6.07, 6.45) is 4.04. The van der Waals surface area contributed by atoms with E-state index in [4.69, 9.17) is 11.6 Å². The normalized spacial score (nSPS) is 11.3. The fourth-order valence-electron chi connectivity index (χ4n) is 2.77. The van der Waals surface area contributed by atoms with E-state index in [0.717, 1.165) is 12.1 Å². The lowest BCUT2D eigenvalue weighted by Gasteiger charge is -2.18. The quantitative estimate of drug-likeness (QED) is 0.588. The lowest BCUT2D eigenvalue weighted by atomic mass is 9.94. The number of halogens is 1. The van der Waals surface area contributed by atoms with Crippen molar-refractivity contribution in [2.24, 2.45) is 0 Å². The van der Waals surface area contributed by atoms with Crippen molar-refractivity contribution >= 4 is 29.5 Å². The van der Waals surface area contributed by atoms with Crippen molar-refractivity contribution in [2.45, 2.75) is 33.7 Å². The Morgan fingerprint density at radius 1 is 1.23 bits per heavy atom. The third kappa shape index (κ3) is 4.69. The Morgan fingerprint density at radius 3 is 2.38 bits per heavy atom. The number of nitrogens with zero attached hydrogens (tertiary/aromatic N) is 1. The molecule has 2 aromatic rings. The van der Waals surface area contributed by atoms with E-state index in [0.29, 0.717) is 34.0 Å². The van der Waals surface area contributed by atoms with Gasteiger partial charge in [0, 0.05) is 21.7 Å². The van der Waals surface area contributed by atoms with Crippen molar-refractivity contribution in [1.82, 2.24) is 10.3 Å². The molecule has 0 amide bonds. The predicted molar refractivity (Wildman–Crippen MR) is 114 cm³/mol. The van der Waals surface area contributed by atoms with E-state index in [1.165, 1.54) is 0 Å². The van der Waals surface area contributed by atoms with Gasteiger partial charge >= 0.3 is 0 Å². The zero-order chi connectivity index (χ0) is 18.4. The number of hydrogen-bond acceptors (Lipinski definition) is 3. The van der Waals surface area contributed by atoms with Gasteiger partial charge in [-0.05, 0) is 37.2 Å². The number of pyridine rings is 1. The number of rotatable bonds is 8. The molecular weight excluding hydrogens is 344 g/mol. The van der Waals surface area contributed by atoms with E-state index in [1.54, 1.807) is 12.2 Å². The van der Waals surface area contributed by atoms with Crippen LogP contribution in [-0.4, -0.2) is 23.4 Å². The van der Waals surface area contributed by atoms with Crippen LogP contribution in [0.4, 0.5) is 0 Å². The molecule has 0 aliphatic carbocycles. The number of benzene rings is 1. The second-order valence-electron chi connectivity index (χ2n) is 5.65. The molecule has 0 radical (unpaired) electrons. The molecule has 1 atom stereocenters. The number of carbonyl (C=O) groups is 1. The number of ketones is 1. The van der Waals surface area contributed by atoms with Crippen LogP contribution in [0, 0.1) is 0 Å². The topological polar surface area (TPSA) is 42.0 Å². The van der Waals surface area contributed by atoms with Gasteiger partial charge in [-0.25, -0.2) is 4.98 Å². The van der Waals surface area contributed by atoms with Gasteiger partial charge in [-0.3, -0.25) is 4.79 Å². The molecule has 138 valence electrons. The van der Waals surface area contributed by atoms with Crippen LogP contribution < -0.4 is 5.32 Å². The fraction of sp³-hybridized carbons (Fsp3) is 0.273. The van der Waals surface area contributed by atoms with Crippen molar-refractivity contribution in [3.8, 4) is 11.3 Å². The Hall–Kier alpha value is -2.23. The monoisotopic (exact) mass is 370 g/mol. The van der Waals surface area contributed by atoms with Crippen molar-refractivity contribution in [3.05, 3.63) is 65.3 Å². The van der Waals surface area contributed by atoms with Gasteiger partial charge < -0.3 is 5.32 Å². The van der Waals surface area contributed by atoms with E-state index >= 15 is 0 Å². The van der Waals surface area contributed by atoms with E-state index in [1.807, 2.05) is 44.2 Å². The molecule has 4 heteroatoms. The van der Waals surface area contributed by atoms with Crippen molar-refractivity contribution in [3.63, 3.8) is 0 Å². The molecule has 3 nitrogen and oxygen atoms in total. The molecule has 0 spiro atoms. The van der Waals surface area contributed by atoms with Crippen LogP contribution in [0.2, 0.25) is 5.02 Å². The number of Topliss-reactive ketones (excluding diaryl/α,β-unsaturated/α-hetero) is 1. The van der Waals surface area contributed by atoms with Crippen LogP contribution in [0.15, 0.2) is 43.5 Å². The van der Waals surface area contributed by atoms with Crippen LogP contribution in [0.25, 0.3) is 23.4 Å². The SMILES string of the molecule is C.C=Cc1nc(-c2ccc(Cl)cc2)cc(C(=O)C(CC)NCC)c1C=C. The molecule has 1 aromatic carbocycles. The van der Waals surface area contributed by atoms with Crippen molar-refractivity contribution < 1.29 is 4.79 Å². The van der Waals surface area contributed by atoms with E-state index in [9.17, 15) is 4.79 Å².